The number of amides is 3. The van der Waals surface area contributed by atoms with Gasteiger partial charge >= 0.3 is 0 Å². The Morgan fingerprint density at radius 1 is 1.00 bits per heavy atom. The Labute approximate surface area is 184 Å². The number of aryl methyl sites for hydroxylation is 3. The Balaban J connectivity index is 1.34. The van der Waals surface area contributed by atoms with Crippen LogP contribution in [0, 0.1) is 20.8 Å². The van der Waals surface area contributed by atoms with Crippen molar-refractivity contribution in [2.75, 3.05) is 11.9 Å². The molecule has 0 saturated heterocycles. The van der Waals surface area contributed by atoms with Crippen LogP contribution >= 0.6 is 11.3 Å². The number of carbonyl (C=O) groups excluding carboxylic acids is 3. The second kappa shape index (κ2) is 8.43. The number of nitrogens with zero attached hydrogens (tertiary/aromatic N) is 2. The maximum Gasteiger partial charge on any atom is 0.261 e. The van der Waals surface area contributed by atoms with Gasteiger partial charge in [-0.1, -0.05) is 24.3 Å². The summed E-state index contributed by atoms with van der Waals surface area (Å²) >= 11 is 1.44. The first-order valence-electron chi connectivity index (χ1n) is 10.2. The molecule has 0 atom stereocenters. The van der Waals surface area contributed by atoms with Gasteiger partial charge in [0, 0.05) is 23.4 Å². The van der Waals surface area contributed by atoms with Crippen molar-refractivity contribution in [1.82, 2.24) is 9.88 Å². The quantitative estimate of drug-likeness (QED) is 0.569. The number of aromatic nitrogens is 1. The highest BCUT2D eigenvalue weighted by atomic mass is 32.1. The third-order valence-electron chi connectivity index (χ3n) is 5.49. The van der Waals surface area contributed by atoms with Crippen molar-refractivity contribution >= 4 is 34.2 Å². The molecule has 1 N–H and O–H groups in total. The van der Waals surface area contributed by atoms with E-state index in [-0.39, 0.29) is 30.7 Å². The number of anilines is 1. The van der Waals surface area contributed by atoms with Gasteiger partial charge in [-0.3, -0.25) is 19.3 Å². The molecule has 0 radical (unpaired) electrons. The van der Waals surface area contributed by atoms with Gasteiger partial charge in [0.05, 0.1) is 16.8 Å². The minimum absolute atomic E-state index is 0.183. The molecule has 1 aliphatic heterocycles. The molecule has 0 aliphatic carbocycles. The van der Waals surface area contributed by atoms with Gasteiger partial charge in [-0.05, 0) is 56.5 Å². The van der Waals surface area contributed by atoms with Gasteiger partial charge in [-0.2, -0.15) is 0 Å². The fourth-order valence-electron chi connectivity index (χ4n) is 3.63. The molecule has 1 aliphatic rings. The monoisotopic (exact) mass is 433 g/mol. The van der Waals surface area contributed by atoms with Gasteiger partial charge in [0.25, 0.3) is 11.8 Å². The van der Waals surface area contributed by atoms with E-state index in [9.17, 15) is 14.4 Å². The molecule has 0 spiro atoms. The molecule has 4 rings (SSSR count). The molecule has 3 aromatic rings. The Hall–Kier alpha value is -3.32. The fourth-order valence-corrected chi connectivity index (χ4v) is 4.48. The lowest BCUT2D eigenvalue weighted by Crippen LogP contribution is -2.31. The van der Waals surface area contributed by atoms with Crippen molar-refractivity contribution < 1.29 is 14.4 Å². The van der Waals surface area contributed by atoms with Crippen LogP contribution in [-0.2, 0) is 4.79 Å². The number of rotatable bonds is 6. The number of benzene rings is 2. The van der Waals surface area contributed by atoms with E-state index in [4.69, 9.17) is 0 Å². The maximum absolute atomic E-state index is 12.4. The summed E-state index contributed by atoms with van der Waals surface area (Å²) in [6.45, 7) is 6.34. The van der Waals surface area contributed by atoms with Crippen LogP contribution in [0.2, 0.25) is 0 Å². The van der Waals surface area contributed by atoms with Crippen LogP contribution < -0.4 is 5.32 Å². The number of nitrogens with one attached hydrogen (secondary N) is 1. The molecule has 6 nitrogen and oxygen atoms in total. The van der Waals surface area contributed by atoms with E-state index in [1.807, 2.05) is 13.0 Å². The number of hydrogen-bond acceptors (Lipinski definition) is 5. The van der Waals surface area contributed by atoms with Gasteiger partial charge in [0.2, 0.25) is 5.91 Å². The van der Waals surface area contributed by atoms with E-state index in [1.165, 1.54) is 27.4 Å². The zero-order chi connectivity index (χ0) is 22.1. The van der Waals surface area contributed by atoms with Gasteiger partial charge in [0.15, 0.2) is 5.13 Å². The molecule has 2 heterocycles. The van der Waals surface area contributed by atoms with Crippen molar-refractivity contribution in [3.8, 4) is 11.3 Å². The van der Waals surface area contributed by atoms with Crippen molar-refractivity contribution in [2.45, 2.75) is 33.6 Å². The highest BCUT2D eigenvalue weighted by molar-refractivity contribution is 7.16. The Kier molecular flexibility index (Phi) is 5.69. The summed E-state index contributed by atoms with van der Waals surface area (Å²) in [5, 5.41) is 3.40. The highest BCUT2D eigenvalue weighted by Gasteiger charge is 2.34. The standard InChI is InChI=1S/C24H23N3O3S/c1-14-10-11-17(13-15(14)2)21-16(3)31-24(26-21)25-20(28)9-6-12-27-22(29)18-7-4-5-8-19(18)23(27)30/h4-5,7-8,10-11,13H,6,9,12H2,1-3H3,(H,25,26,28). The SMILES string of the molecule is Cc1ccc(-c2nc(NC(=O)CCCN3C(=O)c4ccccc4C3=O)sc2C)cc1C. The molecular formula is C24H23N3O3S. The predicted octanol–water partition coefficient (Wildman–Crippen LogP) is 4.75. The van der Waals surface area contributed by atoms with E-state index < -0.39 is 0 Å². The van der Waals surface area contributed by atoms with Crippen molar-refractivity contribution in [3.05, 3.63) is 69.6 Å². The lowest BCUT2D eigenvalue weighted by Gasteiger charge is -2.13. The summed E-state index contributed by atoms with van der Waals surface area (Å²) in [6.07, 6.45) is 0.594. The molecule has 1 aromatic heterocycles. The van der Waals surface area contributed by atoms with Gasteiger partial charge in [0.1, 0.15) is 0 Å². The molecule has 2 aromatic carbocycles. The van der Waals surface area contributed by atoms with Crippen LogP contribution in [0.3, 0.4) is 0 Å². The average molecular weight is 434 g/mol. The molecule has 158 valence electrons. The lowest BCUT2D eigenvalue weighted by molar-refractivity contribution is -0.116. The summed E-state index contributed by atoms with van der Waals surface area (Å²) in [5.41, 5.74) is 5.17. The van der Waals surface area contributed by atoms with Crippen LogP contribution in [0.25, 0.3) is 11.3 Å². The van der Waals surface area contributed by atoms with Gasteiger partial charge < -0.3 is 5.32 Å². The third-order valence-corrected chi connectivity index (χ3v) is 6.37. The molecule has 31 heavy (non-hydrogen) atoms. The summed E-state index contributed by atoms with van der Waals surface area (Å²) in [6, 6.07) is 13.0. The number of carbonyl (C=O) groups is 3. The molecule has 3 amide bonds. The van der Waals surface area contributed by atoms with Crippen molar-refractivity contribution in [2.24, 2.45) is 0 Å². The smallest absolute Gasteiger partial charge is 0.261 e. The topological polar surface area (TPSA) is 79.4 Å². The van der Waals surface area contributed by atoms with E-state index in [2.05, 4.69) is 36.3 Å². The van der Waals surface area contributed by atoms with E-state index >= 15 is 0 Å². The summed E-state index contributed by atoms with van der Waals surface area (Å²) in [4.78, 5) is 44.0. The first-order valence-corrected chi connectivity index (χ1v) is 11.0. The molecular weight excluding hydrogens is 410 g/mol. The zero-order valence-corrected chi connectivity index (χ0v) is 18.5. The number of hydrogen-bond donors (Lipinski definition) is 1. The Morgan fingerprint density at radius 3 is 2.32 bits per heavy atom. The molecule has 0 unspecified atom stereocenters. The fraction of sp³-hybridized carbons (Fsp3) is 0.250. The molecule has 0 saturated carbocycles. The van der Waals surface area contributed by atoms with Crippen LogP contribution in [0.5, 0.6) is 0 Å². The first-order chi connectivity index (χ1) is 14.8. The van der Waals surface area contributed by atoms with Crippen LogP contribution in [0.1, 0.15) is 49.6 Å². The van der Waals surface area contributed by atoms with E-state index in [0.29, 0.717) is 22.7 Å². The molecule has 7 heteroatoms. The van der Waals surface area contributed by atoms with Gasteiger partial charge in [-0.15, -0.1) is 11.3 Å². The second-order valence-corrected chi connectivity index (χ2v) is 8.89. The molecule has 0 bridgehead atoms. The van der Waals surface area contributed by atoms with Gasteiger partial charge in [-0.25, -0.2) is 4.98 Å². The minimum atomic E-state index is -0.297. The number of thiazole rings is 1. The predicted molar refractivity (Wildman–Crippen MR) is 121 cm³/mol. The summed E-state index contributed by atoms with van der Waals surface area (Å²) < 4.78 is 0. The van der Waals surface area contributed by atoms with Crippen molar-refractivity contribution in [3.63, 3.8) is 0 Å². The van der Waals surface area contributed by atoms with Crippen LogP contribution in [0.15, 0.2) is 42.5 Å². The third kappa shape index (κ3) is 4.14. The lowest BCUT2D eigenvalue weighted by atomic mass is 10.0. The van der Waals surface area contributed by atoms with Crippen LogP contribution in [-0.4, -0.2) is 34.2 Å². The largest absolute Gasteiger partial charge is 0.302 e. The normalized spacial score (nSPS) is 12.9. The van der Waals surface area contributed by atoms with E-state index in [0.717, 1.165) is 16.1 Å². The number of imide groups is 1. The highest BCUT2D eigenvalue weighted by Crippen LogP contribution is 2.31. The summed E-state index contributed by atoms with van der Waals surface area (Å²) in [7, 11) is 0. The van der Waals surface area contributed by atoms with E-state index in [1.54, 1.807) is 24.3 Å². The van der Waals surface area contributed by atoms with Crippen molar-refractivity contribution in [1.29, 1.82) is 0 Å². The number of fused-ring (bicyclic) bond motifs is 1. The minimum Gasteiger partial charge on any atom is -0.302 e. The summed E-state index contributed by atoms with van der Waals surface area (Å²) in [5.74, 6) is -0.777. The average Bonchev–Trinajstić information content (AvgIpc) is 3.22. The Morgan fingerprint density at radius 2 is 1.68 bits per heavy atom. The second-order valence-electron chi connectivity index (χ2n) is 7.68. The first kappa shape index (κ1) is 20.9. The maximum atomic E-state index is 12.4. The Bertz CT molecular complexity index is 1160. The van der Waals surface area contributed by atoms with Crippen LogP contribution in [0.4, 0.5) is 5.13 Å². The zero-order valence-electron chi connectivity index (χ0n) is 17.7. The molecule has 0 fully saturated rings.